The van der Waals surface area contributed by atoms with Crippen LogP contribution in [0, 0.1) is 6.92 Å². The van der Waals surface area contributed by atoms with Gasteiger partial charge in [0.2, 0.25) is 18.2 Å². The van der Waals surface area contributed by atoms with Crippen LogP contribution in [0.1, 0.15) is 22.7 Å². The molecule has 0 saturated heterocycles. The van der Waals surface area contributed by atoms with Crippen LogP contribution < -0.4 is 5.32 Å². The molecule has 1 N–H and O–H groups in total. The quantitative estimate of drug-likeness (QED) is 0.464. The lowest BCUT2D eigenvalue weighted by Crippen LogP contribution is -2.07. The maximum Gasteiger partial charge on any atom is 0.248 e. The normalized spacial score (nSPS) is 11.2. The number of anilines is 1. The highest BCUT2D eigenvalue weighted by Gasteiger charge is 2.10. The van der Waals surface area contributed by atoms with Gasteiger partial charge < -0.3 is 9.73 Å². The Morgan fingerprint density at radius 3 is 2.68 bits per heavy atom. The minimum Gasteiger partial charge on any atom is -0.428 e. The van der Waals surface area contributed by atoms with Crippen LogP contribution in [-0.2, 0) is 24.7 Å². The highest BCUT2D eigenvalue weighted by atomic mass is 16.4. The molecule has 0 aliphatic rings. The average Bonchev–Trinajstić information content (AvgIpc) is 3.42. The summed E-state index contributed by atoms with van der Waals surface area (Å²) in [5.74, 6) is 0.398. The van der Waals surface area contributed by atoms with Crippen molar-refractivity contribution in [3.05, 3.63) is 84.1 Å². The third-order valence-electron chi connectivity index (χ3n) is 5.05. The summed E-state index contributed by atoms with van der Waals surface area (Å²) in [5, 5.41) is 14.7. The fourth-order valence-corrected chi connectivity index (χ4v) is 3.21. The van der Waals surface area contributed by atoms with Gasteiger partial charge in [0.15, 0.2) is 0 Å². The lowest BCUT2D eigenvalue weighted by molar-refractivity contribution is -0.111. The van der Waals surface area contributed by atoms with E-state index in [1.54, 1.807) is 18.5 Å². The first kappa shape index (κ1) is 20.2. The summed E-state index contributed by atoms with van der Waals surface area (Å²) in [6.07, 6.45) is 11.4. The van der Waals surface area contributed by atoms with Gasteiger partial charge in [0.25, 0.3) is 0 Å². The molecule has 0 saturated carbocycles. The molecular weight excluding hydrogens is 392 g/mol. The first-order chi connectivity index (χ1) is 15.1. The van der Waals surface area contributed by atoms with Gasteiger partial charge in [-0.25, -0.2) is 0 Å². The number of aromatic nitrogens is 5. The van der Waals surface area contributed by atoms with Gasteiger partial charge in [0.1, 0.15) is 0 Å². The maximum absolute atomic E-state index is 12.4. The zero-order chi connectivity index (χ0) is 21.6. The van der Waals surface area contributed by atoms with Gasteiger partial charge in [-0.05, 0) is 48.7 Å². The SMILES string of the molecule is Cc1c(-c2ccncc2C=CC(=O)Nc2ccc(CCc3nnco3)cc2)cnn1C. The molecule has 8 nitrogen and oxygen atoms in total. The van der Waals surface area contributed by atoms with E-state index in [0.717, 1.165) is 40.1 Å². The van der Waals surface area contributed by atoms with Crippen LogP contribution in [0.15, 0.2) is 65.8 Å². The standard InChI is InChI=1S/C23H22N6O2/c1-16-21(14-26-29(16)2)20-11-12-24-13-18(20)6-9-22(30)27-19-7-3-17(4-8-19)5-10-23-28-25-15-31-23/h3-4,6-9,11-15H,5,10H2,1-2H3,(H,27,30). The third-order valence-corrected chi connectivity index (χ3v) is 5.05. The lowest BCUT2D eigenvalue weighted by Gasteiger charge is -2.06. The van der Waals surface area contributed by atoms with E-state index < -0.39 is 0 Å². The average molecular weight is 414 g/mol. The van der Waals surface area contributed by atoms with Crippen LogP contribution in [0.25, 0.3) is 17.2 Å². The molecule has 4 rings (SSSR count). The summed E-state index contributed by atoms with van der Waals surface area (Å²) in [7, 11) is 1.90. The van der Waals surface area contributed by atoms with Crippen molar-refractivity contribution in [2.45, 2.75) is 19.8 Å². The van der Waals surface area contributed by atoms with Gasteiger partial charge in [0.05, 0.1) is 6.20 Å². The van der Waals surface area contributed by atoms with Gasteiger partial charge in [-0.3, -0.25) is 14.5 Å². The van der Waals surface area contributed by atoms with E-state index in [1.165, 1.54) is 12.5 Å². The molecule has 0 aliphatic heterocycles. The van der Waals surface area contributed by atoms with Gasteiger partial charge in [0, 0.05) is 54.4 Å². The predicted octanol–water partition coefficient (Wildman–Crippen LogP) is 3.61. The van der Waals surface area contributed by atoms with Gasteiger partial charge >= 0.3 is 0 Å². The molecule has 31 heavy (non-hydrogen) atoms. The monoisotopic (exact) mass is 414 g/mol. The number of nitrogens with one attached hydrogen (secondary N) is 1. The zero-order valence-corrected chi connectivity index (χ0v) is 17.3. The largest absolute Gasteiger partial charge is 0.428 e. The molecule has 3 heterocycles. The number of hydrogen-bond donors (Lipinski definition) is 1. The van der Waals surface area contributed by atoms with E-state index in [-0.39, 0.29) is 5.91 Å². The fourth-order valence-electron chi connectivity index (χ4n) is 3.21. The number of carbonyl (C=O) groups excluding carboxylic acids is 1. The minimum atomic E-state index is -0.212. The van der Waals surface area contributed by atoms with Gasteiger partial charge in [-0.2, -0.15) is 5.10 Å². The first-order valence-electron chi connectivity index (χ1n) is 9.86. The summed E-state index contributed by atoms with van der Waals surface area (Å²) in [6.45, 7) is 2.01. The predicted molar refractivity (Wildman–Crippen MR) is 117 cm³/mol. The summed E-state index contributed by atoms with van der Waals surface area (Å²) in [6, 6.07) is 9.63. The number of aryl methyl sites for hydroxylation is 3. The summed E-state index contributed by atoms with van der Waals surface area (Å²) < 4.78 is 6.96. The maximum atomic E-state index is 12.4. The Balaban J connectivity index is 1.39. The molecule has 0 fully saturated rings. The topological polar surface area (TPSA) is 98.7 Å². The van der Waals surface area contributed by atoms with Crippen molar-refractivity contribution in [2.24, 2.45) is 7.05 Å². The highest BCUT2D eigenvalue weighted by molar-refractivity contribution is 6.02. The number of nitrogens with zero attached hydrogens (tertiary/aromatic N) is 5. The van der Waals surface area contributed by atoms with E-state index in [2.05, 4.69) is 25.6 Å². The second kappa shape index (κ2) is 9.17. The number of carbonyl (C=O) groups is 1. The Morgan fingerprint density at radius 1 is 1.13 bits per heavy atom. The molecule has 3 aromatic heterocycles. The van der Waals surface area contributed by atoms with Gasteiger partial charge in [-0.15, -0.1) is 10.2 Å². The van der Waals surface area contributed by atoms with Crippen LogP contribution in [0.2, 0.25) is 0 Å². The molecule has 0 unspecified atom stereocenters. The summed E-state index contributed by atoms with van der Waals surface area (Å²) in [4.78, 5) is 16.6. The number of amides is 1. The van der Waals surface area contributed by atoms with E-state index in [4.69, 9.17) is 4.42 Å². The van der Waals surface area contributed by atoms with Crippen molar-refractivity contribution in [2.75, 3.05) is 5.32 Å². The Morgan fingerprint density at radius 2 is 1.97 bits per heavy atom. The number of hydrogen-bond acceptors (Lipinski definition) is 6. The van der Waals surface area contributed by atoms with Crippen LogP contribution in [0.5, 0.6) is 0 Å². The number of benzene rings is 1. The van der Waals surface area contributed by atoms with E-state index in [0.29, 0.717) is 12.3 Å². The van der Waals surface area contributed by atoms with E-state index in [1.807, 2.05) is 55.2 Å². The number of pyridine rings is 1. The zero-order valence-electron chi connectivity index (χ0n) is 17.3. The van der Waals surface area contributed by atoms with Crippen LogP contribution in [0.3, 0.4) is 0 Å². The third kappa shape index (κ3) is 4.92. The molecule has 0 atom stereocenters. The summed E-state index contributed by atoms with van der Waals surface area (Å²) >= 11 is 0. The van der Waals surface area contributed by atoms with Gasteiger partial charge in [-0.1, -0.05) is 12.1 Å². The Hall–Kier alpha value is -4.07. The molecule has 0 bridgehead atoms. The highest BCUT2D eigenvalue weighted by Crippen LogP contribution is 2.26. The van der Waals surface area contributed by atoms with Crippen molar-refractivity contribution in [3.63, 3.8) is 0 Å². The molecule has 8 heteroatoms. The molecule has 0 radical (unpaired) electrons. The second-order valence-electron chi connectivity index (χ2n) is 7.08. The lowest BCUT2D eigenvalue weighted by atomic mass is 10.0. The van der Waals surface area contributed by atoms with Crippen LogP contribution >= 0.6 is 0 Å². The summed E-state index contributed by atoms with van der Waals surface area (Å²) in [5.41, 5.74) is 5.75. The minimum absolute atomic E-state index is 0.212. The molecule has 0 spiro atoms. The Bertz CT molecular complexity index is 1190. The molecule has 156 valence electrons. The van der Waals surface area contributed by atoms with Crippen molar-refractivity contribution in [1.29, 1.82) is 0 Å². The fraction of sp³-hybridized carbons (Fsp3) is 0.174. The van der Waals surface area contributed by atoms with Crippen LogP contribution in [-0.4, -0.2) is 30.9 Å². The Labute approximate surface area is 179 Å². The molecule has 4 aromatic rings. The van der Waals surface area contributed by atoms with Crippen molar-refractivity contribution in [1.82, 2.24) is 25.0 Å². The first-order valence-corrected chi connectivity index (χ1v) is 9.86. The van der Waals surface area contributed by atoms with Crippen molar-refractivity contribution < 1.29 is 9.21 Å². The number of rotatable bonds is 7. The van der Waals surface area contributed by atoms with Crippen molar-refractivity contribution in [3.8, 4) is 11.1 Å². The smallest absolute Gasteiger partial charge is 0.248 e. The van der Waals surface area contributed by atoms with Crippen molar-refractivity contribution >= 4 is 17.7 Å². The van der Waals surface area contributed by atoms with E-state index >= 15 is 0 Å². The Kier molecular flexibility index (Phi) is 5.98. The molecule has 0 aliphatic carbocycles. The second-order valence-corrected chi connectivity index (χ2v) is 7.08. The molecular formula is C23H22N6O2. The molecule has 1 aromatic carbocycles. The molecule has 1 amide bonds. The van der Waals surface area contributed by atoms with Crippen LogP contribution in [0.4, 0.5) is 5.69 Å². The van der Waals surface area contributed by atoms with E-state index in [9.17, 15) is 4.79 Å².